The van der Waals surface area contributed by atoms with Crippen LogP contribution in [0.4, 0.5) is 11.5 Å². The van der Waals surface area contributed by atoms with Gasteiger partial charge >= 0.3 is 5.97 Å². The average Bonchev–Trinajstić information content (AvgIpc) is 2.84. The number of nitrogens with one attached hydrogen (secondary N) is 2. The van der Waals surface area contributed by atoms with E-state index in [1.165, 1.54) is 18.5 Å². The van der Waals surface area contributed by atoms with Gasteiger partial charge in [0.1, 0.15) is 5.82 Å². The molecule has 7 nitrogen and oxygen atoms in total. The molecule has 1 unspecified atom stereocenters. The highest BCUT2D eigenvalue weighted by molar-refractivity contribution is 5.85. The van der Waals surface area contributed by atoms with Crippen LogP contribution in [-0.2, 0) is 4.79 Å². The SMILES string of the molecule is N#Cc1ccc(N2CCCC(N[C@@H]3CCCC[C@H]3Nc3cc(/C=C\C(=O)O)ccn3)C2)cc1. The van der Waals surface area contributed by atoms with Crippen LogP contribution in [0.1, 0.15) is 49.7 Å². The summed E-state index contributed by atoms with van der Waals surface area (Å²) in [6.45, 7) is 2.00. The summed E-state index contributed by atoms with van der Waals surface area (Å²) in [5, 5.41) is 25.4. The molecule has 0 bridgehead atoms. The van der Waals surface area contributed by atoms with Gasteiger partial charge in [-0.25, -0.2) is 9.78 Å². The molecule has 33 heavy (non-hydrogen) atoms. The maximum Gasteiger partial charge on any atom is 0.328 e. The van der Waals surface area contributed by atoms with Gasteiger partial charge in [0.05, 0.1) is 11.6 Å². The van der Waals surface area contributed by atoms with Crippen molar-refractivity contribution in [3.05, 3.63) is 59.8 Å². The van der Waals surface area contributed by atoms with Crippen molar-refractivity contribution in [3.63, 3.8) is 0 Å². The van der Waals surface area contributed by atoms with E-state index >= 15 is 0 Å². The van der Waals surface area contributed by atoms with Crippen LogP contribution >= 0.6 is 0 Å². The van der Waals surface area contributed by atoms with E-state index in [-0.39, 0.29) is 6.04 Å². The lowest BCUT2D eigenvalue weighted by Crippen LogP contribution is -2.55. The van der Waals surface area contributed by atoms with Gasteiger partial charge in [0.15, 0.2) is 0 Å². The van der Waals surface area contributed by atoms with Gasteiger partial charge in [-0.15, -0.1) is 0 Å². The Kier molecular flexibility index (Phi) is 7.59. The number of anilines is 2. The van der Waals surface area contributed by atoms with Crippen LogP contribution in [0.2, 0.25) is 0 Å². The van der Waals surface area contributed by atoms with Crippen molar-refractivity contribution in [3.8, 4) is 6.07 Å². The van der Waals surface area contributed by atoms with Crippen molar-refractivity contribution in [1.82, 2.24) is 10.3 Å². The smallest absolute Gasteiger partial charge is 0.328 e. The highest BCUT2D eigenvalue weighted by atomic mass is 16.4. The number of carbonyl (C=O) groups is 1. The molecule has 2 fully saturated rings. The normalized spacial score (nSPS) is 23.2. The molecular formula is C26H31N5O2. The van der Waals surface area contributed by atoms with E-state index in [4.69, 9.17) is 10.4 Å². The van der Waals surface area contributed by atoms with Crippen molar-refractivity contribution in [2.75, 3.05) is 23.3 Å². The number of carboxylic acids is 1. The van der Waals surface area contributed by atoms with Crippen molar-refractivity contribution >= 4 is 23.6 Å². The predicted octanol–water partition coefficient (Wildman–Crippen LogP) is 4.03. The molecule has 1 aliphatic heterocycles. The summed E-state index contributed by atoms with van der Waals surface area (Å²) in [5.41, 5.74) is 2.69. The zero-order valence-corrected chi connectivity index (χ0v) is 18.8. The molecule has 2 heterocycles. The third-order valence-corrected chi connectivity index (χ3v) is 6.53. The number of carboxylic acid groups (broad SMARTS) is 1. The lowest BCUT2D eigenvalue weighted by atomic mass is 9.89. The van der Waals surface area contributed by atoms with E-state index in [9.17, 15) is 4.79 Å². The van der Waals surface area contributed by atoms with Crippen molar-refractivity contribution in [2.45, 2.75) is 56.7 Å². The molecule has 172 valence electrons. The Bertz CT molecular complexity index is 1010. The fourth-order valence-electron chi connectivity index (χ4n) is 4.89. The summed E-state index contributed by atoms with van der Waals surface area (Å²) in [6.07, 6.45) is 11.4. The Balaban J connectivity index is 1.38. The number of pyridine rings is 1. The van der Waals surface area contributed by atoms with E-state index in [2.05, 4.69) is 26.6 Å². The second-order valence-corrected chi connectivity index (χ2v) is 8.90. The maximum atomic E-state index is 10.8. The van der Waals surface area contributed by atoms with Gasteiger partial charge in [-0.05, 0) is 73.7 Å². The van der Waals surface area contributed by atoms with Crippen LogP contribution in [0.5, 0.6) is 0 Å². The number of rotatable bonds is 7. The largest absolute Gasteiger partial charge is 0.478 e. The number of nitrogens with zero attached hydrogens (tertiary/aromatic N) is 3. The molecule has 3 atom stereocenters. The number of nitriles is 1. The van der Waals surface area contributed by atoms with E-state index in [1.807, 2.05) is 30.3 Å². The number of piperidine rings is 1. The lowest BCUT2D eigenvalue weighted by Gasteiger charge is -2.40. The number of benzene rings is 1. The Morgan fingerprint density at radius 1 is 1.12 bits per heavy atom. The summed E-state index contributed by atoms with van der Waals surface area (Å²) in [4.78, 5) is 17.7. The third kappa shape index (κ3) is 6.33. The van der Waals surface area contributed by atoms with Crippen LogP contribution in [0.25, 0.3) is 6.08 Å². The highest BCUT2D eigenvalue weighted by Crippen LogP contribution is 2.25. The summed E-state index contributed by atoms with van der Waals surface area (Å²) in [6, 6.07) is 14.8. The lowest BCUT2D eigenvalue weighted by molar-refractivity contribution is -0.131. The second kappa shape index (κ2) is 11.0. The first kappa shape index (κ1) is 22.8. The van der Waals surface area contributed by atoms with Crippen molar-refractivity contribution in [1.29, 1.82) is 5.26 Å². The number of hydrogen-bond acceptors (Lipinski definition) is 6. The predicted molar refractivity (Wildman–Crippen MR) is 130 cm³/mol. The van der Waals surface area contributed by atoms with Crippen LogP contribution in [0, 0.1) is 11.3 Å². The van der Waals surface area contributed by atoms with Gasteiger partial charge in [0, 0.05) is 49.2 Å². The number of aliphatic carboxylic acids is 1. The van der Waals surface area contributed by atoms with E-state index in [1.54, 1.807) is 18.3 Å². The van der Waals surface area contributed by atoms with Crippen LogP contribution < -0.4 is 15.5 Å². The zero-order chi connectivity index (χ0) is 23.0. The molecule has 1 aromatic heterocycles. The summed E-state index contributed by atoms with van der Waals surface area (Å²) in [5.74, 6) is -0.176. The van der Waals surface area contributed by atoms with Crippen molar-refractivity contribution < 1.29 is 9.90 Å². The Hall–Kier alpha value is -3.37. The fraction of sp³-hybridized carbons (Fsp3) is 0.423. The fourth-order valence-corrected chi connectivity index (χ4v) is 4.89. The van der Waals surface area contributed by atoms with E-state index in [0.717, 1.165) is 56.2 Å². The molecule has 1 aromatic carbocycles. The first-order chi connectivity index (χ1) is 16.1. The van der Waals surface area contributed by atoms with Gasteiger partial charge in [-0.3, -0.25) is 0 Å². The molecule has 1 saturated heterocycles. The van der Waals surface area contributed by atoms with Crippen LogP contribution in [0.15, 0.2) is 48.7 Å². The molecule has 4 rings (SSSR count). The van der Waals surface area contributed by atoms with Gasteiger partial charge in [0.2, 0.25) is 0 Å². The molecule has 2 aromatic rings. The van der Waals surface area contributed by atoms with Gasteiger partial charge in [-0.1, -0.05) is 12.8 Å². The minimum absolute atomic E-state index is 0.287. The van der Waals surface area contributed by atoms with Gasteiger partial charge in [0.25, 0.3) is 0 Å². The molecule has 2 aliphatic rings. The van der Waals surface area contributed by atoms with Crippen LogP contribution in [0.3, 0.4) is 0 Å². The molecule has 1 aliphatic carbocycles. The quantitative estimate of drug-likeness (QED) is 0.553. The standard InChI is InChI=1S/C26H31N5O2/c27-17-20-7-10-22(11-8-20)31-15-3-4-21(18-31)29-23-5-1-2-6-24(23)30-25-16-19(13-14-28-25)9-12-26(32)33/h7-14,16,21,23-24,29H,1-6,15,18H2,(H,28,30)(H,32,33)/b12-9-/t21?,23-,24-/m1/s1. The van der Waals surface area contributed by atoms with E-state index < -0.39 is 5.97 Å². The second-order valence-electron chi connectivity index (χ2n) is 8.90. The van der Waals surface area contributed by atoms with Gasteiger partial charge < -0.3 is 20.6 Å². The zero-order valence-electron chi connectivity index (χ0n) is 18.8. The first-order valence-corrected chi connectivity index (χ1v) is 11.8. The number of hydrogen-bond donors (Lipinski definition) is 3. The molecule has 7 heteroatoms. The molecule has 0 spiro atoms. The van der Waals surface area contributed by atoms with Crippen LogP contribution in [-0.4, -0.2) is 47.3 Å². The Morgan fingerprint density at radius 3 is 2.67 bits per heavy atom. The topological polar surface area (TPSA) is 101 Å². The Morgan fingerprint density at radius 2 is 1.91 bits per heavy atom. The first-order valence-electron chi connectivity index (χ1n) is 11.8. The maximum absolute atomic E-state index is 10.8. The monoisotopic (exact) mass is 445 g/mol. The summed E-state index contributed by atoms with van der Waals surface area (Å²) in [7, 11) is 0. The summed E-state index contributed by atoms with van der Waals surface area (Å²) < 4.78 is 0. The number of aromatic nitrogens is 1. The van der Waals surface area contributed by atoms with E-state index in [0.29, 0.717) is 17.6 Å². The molecule has 3 N–H and O–H groups in total. The Labute approximate surface area is 195 Å². The highest BCUT2D eigenvalue weighted by Gasteiger charge is 2.29. The minimum Gasteiger partial charge on any atom is -0.478 e. The molecule has 1 saturated carbocycles. The molecule has 0 radical (unpaired) electrons. The molecule has 0 amide bonds. The minimum atomic E-state index is -0.958. The third-order valence-electron chi connectivity index (χ3n) is 6.53. The van der Waals surface area contributed by atoms with Crippen molar-refractivity contribution in [2.24, 2.45) is 0 Å². The average molecular weight is 446 g/mol. The summed E-state index contributed by atoms with van der Waals surface area (Å²) >= 11 is 0. The van der Waals surface area contributed by atoms with Gasteiger partial charge in [-0.2, -0.15) is 5.26 Å². The molecular weight excluding hydrogens is 414 g/mol.